The molecule has 1 N–H and O–H groups in total. The molecule has 0 spiro atoms. The van der Waals surface area contributed by atoms with Gasteiger partial charge in [0.2, 0.25) is 5.91 Å². The fourth-order valence-corrected chi connectivity index (χ4v) is 2.85. The Morgan fingerprint density at radius 1 is 1.27 bits per heavy atom. The van der Waals surface area contributed by atoms with E-state index in [4.69, 9.17) is 0 Å². The van der Waals surface area contributed by atoms with Crippen LogP contribution in [-0.4, -0.2) is 27.5 Å². The van der Waals surface area contributed by atoms with E-state index < -0.39 is 24.0 Å². The highest BCUT2D eigenvalue weighted by Gasteiger charge is 2.26. The second-order valence-electron chi connectivity index (χ2n) is 6.68. The van der Waals surface area contributed by atoms with Crippen LogP contribution in [0.15, 0.2) is 35.4 Å². The van der Waals surface area contributed by atoms with Gasteiger partial charge in [0, 0.05) is 0 Å². The van der Waals surface area contributed by atoms with Crippen molar-refractivity contribution >= 4 is 22.8 Å². The van der Waals surface area contributed by atoms with Crippen molar-refractivity contribution in [2.75, 3.05) is 0 Å². The number of aromatic nitrogens is 2. The van der Waals surface area contributed by atoms with E-state index in [0.29, 0.717) is 17.3 Å². The zero-order chi connectivity index (χ0) is 19.3. The van der Waals surface area contributed by atoms with Crippen molar-refractivity contribution in [2.45, 2.75) is 52.1 Å². The molecule has 0 fully saturated rings. The van der Waals surface area contributed by atoms with E-state index in [0.717, 1.165) is 12.8 Å². The van der Waals surface area contributed by atoms with Gasteiger partial charge in [-0.1, -0.05) is 45.7 Å². The Bertz CT molecular complexity index is 844. The second-order valence-corrected chi connectivity index (χ2v) is 6.68. The number of hydrogen-bond donors (Lipinski definition) is 1. The molecule has 0 aliphatic carbocycles. The topological polar surface area (TPSA) is 104 Å². The van der Waals surface area contributed by atoms with Crippen LogP contribution in [0, 0.1) is 5.92 Å². The number of fused-ring (bicyclic) bond motifs is 1. The Balaban J connectivity index is 2.41. The lowest BCUT2D eigenvalue weighted by Gasteiger charge is -2.27. The highest BCUT2D eigenvalue weighted by molar-refractivity contribution is 5.86. The van der Waals surface area contributed by atoms with Crippen molar-refractivity contribution in [3.05, 3.63) is 40.9 Å². The minimum absolute atomic E-state index is 0.318. The Morgan fingerprint density at radius 2 is 1.96 bits per heavy atom. The summed E-state index contributed by atoms with van der Waals surface area (Å²) >= 11 is 0. The summed E-state index contributed by atoms with van der Waals surface area (Å²) in [5, 5.41) is 14.2. The number of rotatable bonds is 8. The molecule has 0 saturated carbocycles. The predicted octanol–water partition coefficient (Wildman–Crippen LogP) is 1.02. The molecule has 2 atom stereocenters. The average Bonchev–Trinajstić information content (AvgIpc) is 2.61. The molecule has 2 rings (SSSR count). The number of benzene rings is 1. The number of nitrogens with one attached hydrogen (secondary N) is 1. The number of carboxylic acids is 1. The van der Waals surface area contributed by atoms with Crippen LogP contribution in [-0.2, 0) is 9.59 Å². The molecular weight excluding hydrogens is 334 g/mol. The third-order valence-corrected chi connectivity index (χ3v) is 4.38. The summed E-state index contributed by atoms with van der Waals surface area (Å²) in [6, 6.07) is 4.98. The van der Waals surface area contributed by atoms with E-state index in [9.17, 15) is 19.5 Å². The van der Waals surface area contributed by atoms with Gasteiger partial charge in [0.25, 0.3) is 5.56 Å². The number of unbranched alkanes of at least 4 members (excludes halogenated alkanes) is 1. The number of amides is 1. The lowest BCUT2D eigenvalue weighted by molar-refractivity contribution is -0.309. The van der Waals surface area contributed by atoms with Gasteiger partial charge < -0.3 is 15.2 Å². The fourth-order valence-electron chi connectivity index (χ4n) is 2.85. The molecule has 0 aliphatic rings. The molecule has 1 heterocycles. The molecule has 1 amide bonds. The van der Waals surface area contributed by atoms with Crippen molar-refractivity contribution in [1.29, 1.82) is 0 Å². The highest BCUT2D eigenvalue weighted by Crippen LogP contribution is 2.16. The van der Waals surface area contributed by atoms with Crippen LogP contribution >= 0.6 is 0 Å². The third kappa shape index (κ3) is 4.28. The minimum Gasteiger partial charge on any atom is -0.548 e. The van der Waals surface area contributed by atoms with E-state index in [1.54, 1.807) is 38.1 Å². The Labute approximate surface area is 152 Å². The minimum atomic E-state index is -1.34. The number of aliphatic carboxylic acids is 1. The summed E-state index contributed by atoms with van der Waals surface area (Å²) in [4.78, 5) is 41.1. The molecule has 0 bridgehead atoms. The first kappa shape index (κ1) is 19.6. The summed E-state index contributed by atoms with van der Waals surface area (Å²) in [6.45, 7) is 5.35. The van der Waals surface area contributed by atoms with Gasteiger partial charge in [-0.25, -0.2) is 4.98 Å². The van der Waals surface area contributed by atoms with Gasteiger partial charge in [0.05, 0.1) is 29.2 Å². The van der Waals surface area contributed by atoms with Crippen molar-refractivity contribution in [3.8, 4) is 0 Å². The van der Waals surface area contributed by atoms with E-state index in [1.165, 1.54) is 10.9 Å². The van der Waals surface area contributed by atoms with Crippen LogP contribution in [0.2, 0.25) is 0 Å². The molecule has 0 unspecified atom stereocenters. The molecule has 140 valence electrons. The van der Waals surface area contributed by atoms with E-state index >= 15 is 0 Å². The fraction of sp³-hybridized carbons (Fsp3) is 0.474. The van der Waals surface area contributed by atoms with Crippen LogP contribution in [0.25, 0.3) is 10.9 Å². The van der Waals surface area contributed by atoms with Gasteiger partial charge in [-0.05, 0) is 24.5 Å². The summed E-state index contributed by atoms with van der Waals surface area (Å²) in [5.74, 6) is -2.19. The quantitative estimate of drug-likeness (QED) is 0.759. The SMILES string of the molecule is CCCC[C@@H](C(=O)N[C@H](C(=O)[O-])C(C)C)n1cnc2ccccc2c1=O. The van der Waals surface area contributed by atoms with Crippen LogP contribution in [0.5, 0.6) is 0 Å². The molecule has 0 aliphatic heterocycles. The van der Waals surface area contributed by atoms with Crippen molar-refractivity contribution < 1.29 is 14.7 Å². The lowest BCUT2D eigenvalue weighted by atomic mass is 10.0. The largest absolute Gasteiger partial charge is 0.548 e. The van der Waals surface area contributed by atoms with Gasteiger partial charge in [-0.3, -0.25) is 14.2 Å². The molecule has 1 aromatic heterocycles. The summed E-state index contributed by atoms with van der Waals surface area (Å²) in [5.41, 5.74) is 0.236. The van der Waals surface area contributed by atoms with Gasteiger partial charge >= 0.3 is 0 Å². The van der Waals surface area contributed by atoms with E-state index in [-0.39, 0.29) is 11.5 Å². The number of nitrogens with zero attached hydrogens (tertiary/aromatic N) is 2. The monoisotopic (exact) mass is 358 g/mol. The van der Waals surface area contributed by atoms with Gasteiger partial charge in [0.15, 0.2) is 0 Å². The van der Waals surface area contributed by atoms with Crippen molar-refractivity contribution in [2.24, 2.45) is 5.92 Å². The number of carbonyl (C=O) groups is 2. The standard InChI is InChI=1S/C19H25N3O4/c1-4-5-10-15(17(23)21-16(12(2)3)19(25)26)22-11-20-14-9-7-6-8-13(14)18(22)24/h6-9,11-12,15-16H,4-5,10H2,1-3H3,(H,21,23)(H,25,26)/p-1/t15-,16-/m0/s1. The second kappa shape index (κ2) is 8.60. The van der Waals surface area contributed by atoms with E-state index in [1.807, 2.05) is 6.92 Å². The van der Waals surface area contributed by atoms with Gasteiger partial charge in [-0.2, -0.15) is 0 Å². The molecule has 7 nitrogen and oxygen atoms in total. The first-order chi connectivity index (χ1) is 12.4. The summed E-state index contributed by atoms with van der Waals surface area (Å²) in [7, 11) is 0. The summed E-state index contributed by atoms with van der Waals surface area (Å²) in [6.07, 6.45) is 3.33. The molecular formula is C19H24N3O4-. The van der Waals surface area contributed by atoms with Crippen molar-refractivity contribution in [1.82, 2.24) is 14.9 Å². The molecule has 0 saturated heterocycles. The smallest absolute Gasteiger partial charge is 0.261 e. The maximum atomic E-state index is 12.8. The Kier molecular flexibility index (Phi) is 6.49. The average molecular weight is 358 g/mol. The number of para-hydroxylation sites is 1. The number of carboxylic acid groups (broad SMARTS) is 1. The number of hydrogen-bond acceptors (Lipinski definition) is 5. The van der Waals surface area contributed by atoms with Crippen LogP contribution in [0.1, 0.15) is 46.1 Å². The maximum absolute atomic E-state index is 12.8. The first-order valence-electron chi connectivity index (χ1n) is 8.84. The first-order valence-corrected chi connectivity index (χ1v) is 8.84. The lowest BCUT2D eigenvalue weighted by Crippen LogP contribution is -2.53. The van der Waals surface area contributed by atoms with E-state index in [2.05, 4.69) is 10.3 Å². The Morgan fingerprint density at radius 3 is 2.58 bits per heavy atom. The van der Waals surface area contributed by atoms with Crippen molar-refractivity contribution in [3.63, 3.8) is 0 Å². The molecule has 1 aromatic carbocycles. The molecule has 2 aromatic rings. The highest BCUT2D eigenvalue weighted by atomic mass is 16.4. The summed E-state index contributed by atoms with van der Waals surface area (Å²) < 4.78 is 1.29. The third-order valence-electron chi connectivity index (χ3n) is 4.38. The number of carbonyl (C=O) groups excluding carboxylic acids is 2. The zero-order valence-electron chi connectivity index (χ0n) is 15.3. The molecule has 26 heavy (non-hydrogen) atoms. The molecule has 7 heteroatoms. The zero-order valence-corrected chi connectivity index (χ0v) is 15.3. The normalized spacial score (nSPS) is 13.5. The van der Waals surface area contributed by atoms with Gasteiger partial charge in [0.1, 0.15) is 6.04 Å². The Hall–Kier alpha value is -2.70. The van der Waals surface area contributed by atoms with Crippen LogP contribution < -0.4 is 16.0 Å². The maximum Gasteiger partial charge on any atom is 0.261 e. The predicted molar refractivity (Wildman–Crippen MR) is 96.3 cm³/mol. The molecule has 0 radical (unpaired) electrons. The van der Waals surface area contributed by atoms with Crippen LogP contribution in [0.3, 0.4) is 0 Å². The van der Waals surface area contributed by atoms with Gasteiger partial charge in [-0.15, -0.1) is 0 Å². The van der Waals surface area contributed by atoms with Crippen LogP contribution in [0.4, 0.5) is 0 Å².